The number of aromatic nitrogens is 2. The summed E-state index contributed by atoms with van der Waals surface area (Å²) in [6.45, 7) is 3.80. The van der Waals surface area contributed by atoms with Crippen LogP contribution in [0.4, 0.5) is 10.6 Å². The highest BCUT2D eigenvalue weighted by molar-refractivity contribution is 7.21. The molecule has 3 aliphatic heterocycles. The van der Waals surface area contributed by atoms with Gasteiger partial charge in [0.2, 0.25) is 5.91 Å². The van der Waals surface area contributed by atoms with Gasteiger partial charge in [0.15, 0.2) is 0 Å². The molecule has 2 fully saturated rings. The predicted octanol–water partition coefficient (Wildman–Crippen LogP) is 3.13. The standard InChI is InChI=1S/C29H25N7O4S/c37-24-8-9-35(29(40)32-24)36-27(38)20-7-6-18(14-21(20)28(36)39)16-33-10-12-34(13-11-33)25-22-15-23(19-4-2-1-3-5-19)41-26(22)31-17-30-25/h1-7,14-15,17H,8-13,16H2,(H,32,37,40). The van der Waals surface area contributed by atoms with E-state index in [9.17, 15) is 19.2 Å². The first-order valence-corrected chi connectivity index (χ1v) is 14.2. The van der Waals surface area contributed by atoms with Crippen LogP contribution in [0.25, 0.3) is 20.7 Å². The Labute approximate surface area is 239 Å². The molecule has 5 heterocycles. The number of hydrogen-bond acceptors (Lipinski definition) is 9. The van der Waals surface area contributed by atoms with E-state index in [-0.39, 0.29) is 24.1 Å². The summed E-state index contributed by atoms with van der Waals surface area (Å²) in [7, 11) is 0. The van der Waals surface area contributed by atoms with E-state index in [4.69, 9.17) is 0 Å². The molecular formula is C29H25N7O4S. The summed E-state index contributed by atoms with van der Waals surface area (Å²) in [5, 5.41) is 5.06. The molecule has 2 aromatic carbocycles. The molecule has 0 atom stereocenters. The number of anilines is 1. The second kappa shape index (κ2) is 10.1. The normalized spacial score (nSPS) is 17.9. The lowest BCUT2D eigenvalue weighted by atomic mass is 10.1. The number of urea groups is 1. The molecule has 0 unspecified atom stereocenters. The minimum atomic E-state index is -0.770. The number of carbonyl (C=O) groups is 4. The van der Waals surface area contributed by atoms with Crippen LogP contribution in [0.1, 0.15) is 32.7 Å². The molecule has 7 rings (SSSR count). The van der Waals surface area contributed by atoms with Crippen LogP contribution in [0.2, 0.25) is 0 Å². The molecule has 0 bridgehead atoms. The van der Waals surface area contributed by atoms with E-state index in [2.05, 4.69) is 43.3 Å². The summed E-state index contributed by atoms with van der Waals surface area (Å²) in [5.74, 6) is -0.603. The minimum absolute atomic E-state index is 0.0230. The van der Waals surface area contributed by atoms with E-state index in [1.807, 2.05) is 24.3 Å². The van der Waals surface area contributed by atoms with Gasteiger partial charge in [-0.2, -0.15) is 5.01 Å². The number of nitrogens with one attached hydrogen (secondary N) is 1. The van der Waals surface area contributed by atoms with Crippen molar-refractivity contribution < 1.29 is 19.2 Å². The number of benzene rings is 2. The summed E-state index contributed by atoms with van der Waals surface area (Å²) < 4.78 is 0. The summed E-state index contributed by atoms with van der Waals surface area (Å²) in [5.41, 5.74) is 2.60. The fourth-order valence-electron chi connectivity index (χ4n) is 5.55. The average Bonchev–Trinajstić information content (AvgIpc) is 3.53. The van der Waals surface area contributed by atoms with Gasteiger partial charge < -0.3 is 4.90 Å². The van der Waals surface area contributed by atoms with E-state index < -0.39 is 23.8 Å². The fourth-order valence-corrected chi connectivity index (χ4v) is 6.55. The van der Waals surface area contributed by atoms with Crippen molar-refractivity contribution in [3.63, 3.8) is 0 Å². The van der Waals surface area contributed by atoms with Gasteiger partial charge in [-0.15, -0.1) is 11.3 Å². The van der Waals surface area contributed by atoms with Crippen molar-refractivity contribution in [2.75, 3.05) is 37.6 Å². The number of thiophene rings is 1. The first-order valence-electron chi connectivity index (χ1n) is 13.4. The van der Waals surface area contributed by atoms with Crippen LogP contribution in [0.5, 0.6) is 0 Å². The number of fused-ring (bicyclic) bond motifs is 2. The van der Waals surface area contributed by atoms with Crippen molar-refractivity contribution in [2.45, 2.75) is 13.0 Å². The minimum Gasteiger partial charge on any atom is -0.353 e. The largest absolute Gasteiger partial charge is 0.353 e. The number of hydrazine groups is 1. The molecule has 5 amide bonds. The highest BCUT2D eigenvalue weighted by atomic mass is 32.1. The van der Waals surface area contributed by atoms with Crippen molar-refractivity contribution in [1.82, 2.24) is 30.2 Å². The van der Waals surface area contributed by atoms with Gasteiger partial charge in [0.1, 0.15) is 17.0 Å². The molecule has 4 aromatic rings. The van der Waals surface area contributed by atoms with Gasteiger partial charge in [0, 0.05) is 44.0 Å². The van der Waals surface area contributed by atoms with Crippen LogP contribution in [-0.4, -0.2) is 81.4 Å². The van der Waals surface area contributed by atoms with E-state index in [0.29, 0.717) is 6.54 Å². The Balaban J connectivity index is 1.03. The first kappa shape index (κ1) is 25.3. The highest BCUT2D eigenvalue weighted by Crippen LogP contribution is 2.36. The summed E-state index contributed by atoms with van der Waals surface area (Å²) in [4.78, 5) is 65.7. The molecule has 41 heavy (non-hydrogen) atoms. The molecule has 1 N–H and O–H groups in total. The van der Waals surface area contributed by atoms with Crippen molar-refractivity contribution >= 4 is 51.1 Å². The van der Waals surface area contributed by atoms with E-state index in [1.54, 1.807) is 29.8 Å². The lowest BCUT2D eigenvalue weighted by molar-refractivity contribution is -0.122. The molecule has 11 nitrogen and oxygen atoms in total. The maximum atomic E-state index is 13.1. The lowest BCUT2D eigenvalue weighted by Gasteiger charge is -2.35. The summed E-state index contributed by atoms with van der Waals surface area (Å²) in [6, 6.07) is 16.9. The van der Waals surface area contributed by atoms with Crippen LogP contribution in [0.15, 0.2) is 60.9 Å². The Bertz CT molecular complexity index is 1710. The second-order valence-corrected chi connectivity index (χ2v) is 11.2. The number of rotatable bonds is 5. The van der Waals surface area contributed by atoms with Crippen LogP contribution >= 0.6 is 11.3 Å². The van der Waals surface area contributed by atoms with Crippen molar-refractivity contribution in [1.29, 1.82) is 0 Å². The Kier molecular flexibility index (Phi) is 6.20. The third-order valence-corrected chi connectivity index (χ3v) is 8.74. The molecule has 0 radical (unpaired) electrons. The zero-order chi connectivity index (χ0) is 28.1. The Hall–Kier alpha value is -4.68. The van der Waals surface area contributed by atoms with E-state index in [0.717, 1.165) is 57.8 Å². The average molecular weight is 568 g/mol. The summed E-state index contributed by atoms with van der Waals surface area (Å²) in [6.07, 6.45) is 1.66. The van der Waals surface area contributed by atoms with Crippen LogP contribution in [0.3, 0.4) is 0 Å². The van der Waals surface area contributed by atoms with Crippen LogP contribution < -0.4 is 10.2 Å². The quantitative estimate of drug-likeness (QED) is 0.366. The molecule has 0 saturated carbocycles. The Morgan fingerprint density at radius 3 is 2.39 bits per heavy atom. The molecular weight excluding hydrogens is 542 g/mol. The summed E-state index contributed by atoms with van der Waals surface area (Å²) >= 11 is 1.67. The Morgan fingerprint density at radius 2 is 1.61 bits per heavy atom. The third kappa shape index (κ3) is 4.50. The van der Waals surface area contributed by atoms with Gasteiger partial charge in [-0.1, -0.05) is 36.4 Å². The van der Waals surface area contributed by atoms with Gasteiger partial charge in [0.25, 0.3) is 11.8 Å². The van der Waals surface area contributed by atoms with Crippen molar-refractivity contribution in [3.05, 3.63) is 77.6 Å². The van der Waals surface area contributed by atoms with Gasteiger partial charge in [-0.25, -0.2) is 19.8 Å². The highest BCUT2D eigenvalue weighted by Gasteiger charge is 2.43. The van der Waals surface area contributed by atoms with Crippen molar-refractivity contribution in [2.24, 2.45) is 0 Å². The molecule has 0 spiro atoms. The topological polar surface area (TPSA) is 119 Å². The number of amides is 5. The third-order valence-electron chi connectivity index (χ3n) is 7.65. The number of piperazine rings is 1. The molecule has 2 aromatic heterocycles. The molecule has 2 saturated heterocycles. The second-order valence-electron chi connectivity index (χ2n) is 10.2. The number of carbonyl (C=O) groups excluding carboxylic acids is 4. The SMILES string of the molecule is O=C1CCN(N2C(=O)c3ccc(CN4CCN(c5ncnc6sc(-c7ccccc7)cc56)CC4)cc3C2=O)C(=O)N1. The predicted molar refractivity (Wildman–Crippen MR) is 152 cm³/mol. The molecule has 0 aliphatic carbocycles. The van der Waals surface area contributed by atoms with Gasteiger partial charge in [-0.3, -0.25) is 24.6 Å². The maximum absolute atomic E-state index is 13.1. The van der Waals surface area contributed by atoms with Gasteiger partial charge >= 0.3 is 6.03 Å². The number of imide groups is 2. The van der Waals surface area contributed by atoms with Crippen molar-refractivity contribution in [3.8, 4) is 10.4 Å². The molecule has 206 valence electrons. The maximum Gasteiger partial charge on any atom is 0.343 e. The van der Waals surface area contributed by atoms with E-state index >= 15 is 0 Å². The van der Waals surface area contributed by atoms with Gasteiger partial charge in [0.05, 0.1) is 23.1 Å². The van der Waals surface area contributed by atoms with Crippen LogP contribution in [0, 0.1) is 0 Å². The zero-order valence-electron chi connectivity index (χ0n) is 21.9. The lowest BCUT2D eigenvalue weighted by Crippen LogP contribution is -2.58. The molecule has 3 aliphatic rings. The number of hydrogen-bond donors (Lipinski definition) is 1. The number of nitrogens with zero attached hydrogens (tertiary/aromatic N) is 6. The van der Waals surface area contributed by atoms with Crippen LogP contribution in [-0.2, 0) is 11.3 Å². The smallest absolute Gasteiger partial charge is 0.343 e. The van der Waals surface area contributed by atoms with E-state index in [1.165, 1.54) is 10.4 Å². The first-order chi connectivity index (χ1) is 20.0. The molecule has 12 heteroatoms. The monoisotopic (exact) mass is 567 g/mol. The Morgan fingerprint density at radius 1 is 0.829 bits per heavy atom. The zero-order valence-corrected chi connectivity index (χ0v) is 22.8. The fraction of sp³-hybridized carbons (Fsp3) is 0.241. The van der Waals surface area contributed by atoms with Gasteiger partial charge in [-0.05, 0) is 29.3 Å².